The first-order chi connectivity index (χ1) is 10.1. The average Bonchev–Trinajstić information content (AvgIpc) is 2.45. The fourth-order valence-electron chi connectivity index (χ4n) is 2.07. The highest BCUT2D eigenvalue weighted by Gasteiger charge is 2.19. The summed E-state index contributed by atoms with van der Waals surface area (Å²) >= 11 is 0. The van der Waals surface area contributed by atoms with Gasteiger partial charge in [0, 0.05) is 32.7 Å². The SMILES string of the molecule is CCCNc1nc(OC(C)C)nc(N2CCN(C)CC2)n1. The molecule has 0 saturated carbocycles. The van der Waals surface area contributed by atoms with Crippen molar-refractivity contribution in [2.24, 2.45) is 0 Å². The number of hydrogen-bond acceptors (Lipinski definition) is 7. The number of nitrogens with zero attached hydrogens (tertiary/aromatic N) is 5. The molecule has 0 aromatic carbocycles. The summed E-state index contributed by atoms with van der Waals surface area (Å²) in [4.78, 5) is 17.8. The molecule has 0 atom stereocenters. The summed E-state index contributed by atoms with van der Waals surface area (Å²) < 4.78 is 5.65. The molecular formula is C14H26N6O. The number of hydrogen-bond donors (Lipinski definition) is 1. The molecule has 0 bridgehead atoms. The third-order valence-corrected chi connectivity index (χ3v) is 3.26. The lowest BCUT2D eigenvalue weighted by Crippen LogP contribution is -2.45. The molecule has 1 aromatic heterocycles. The van der Waals surface area contributed by atoms with Crippen LogP contribution in [0, 0.1) is 0 Å². The van der Waals surface area contributed by atoms with E-state index in [4.69, 9.17) is 4.74 Å². The number of likely N-dealkylation sites (N-methyl/N-ethyl adjacent to an activating group) is 1. The quantitative estimate of drug-likeness (QED) is 0.846. The van der Waals surface area contributed by atoms with Gasteiger partial charge >= 0.3 is 6.01 Å². The largest absolute Gasteiger partial charge is 0.461 e. The van der Waals surface area contributed by atoms with E-state index in [1.54, 1.807) is 0 Å². The molecule has 1 aliphatic heterocycles. The Hall–Kier alpha value is -1.63. The summed E-state index contributed by atoms with van der Waals surface area (Å²) in [5.74, 6) is 1.30. The first-order valence-electron chi connectivity index (χ1n) is 7.68. The van der Waals surface area contributed by atoms with E-state index in [-0.39, 0.29) is 6.10 Å². The van der Waals surface area contributed by atoms with Crippen LogP contribution in [0.15, 0.2) is 0 Å². The third kappa shape index (κ3) is 4.70. The van der Waals surface area contributed by atoms with E-state index in [2.05, 4.69) is 44.0 Å². The Balaban J connectivity index is 2.17. The first kappa shape index (κ1) is 15.8. The molecule has 0 amide bonds. The number of piperazine rings is 1. The average molecular weight is 294 g/mol. The molecule has 0 spiro atoms. The van der Waals surface area contributed by atoms with Crippen LogP contribution >= 0.6 is 0 Å². The van der Waals surface area contributed by atoms with E-state index in [1.165, 1.54) is 0 Å². The highest BCUT2D eigenvalue weighted by molar-refractivity contribution is 5.39. The Kier molecular flexibility index (Phi) is 5.55. The zero-order chi connectivity index (χ0) is 15.2. The Bertz CT molecular complexity index is 445. The van der Waals surface area contributed by atoms with Crippen molar-refractivity contribution < 1.29 is 4.74 Å². The van der Waals surface area contributed by atoms with E-state index in [0.717, 1.165) is 39.1 Å². The van der Waals surface area contributed by atoms with Crippen LogP contribution in [-0.4, -0.2) is 65.7 Å². The summed E-state index contributed by atoms with van der Waals surface area (Å²) in [6.45, 7) is 10.8. The summed E-state index contributed by atoms with van der Waals surface area (Å²) in [6.07, 6.45) is 1.07. The van der Waals surface area contributed by atoms with Crippen molar-refractivity contribution >= 4 is 11.9 Å². The van der Waals surface area contributed by atoms with Crippen molar-refractivity contribution in [3.05, 3.63) is 0 Å². The van der Waals surface area contributed by atoms with Crippen LogP contribution in [0.4, 0.5) is 11.9 Å². The molecule has 1 aliphatic rings. The zero-order valence-corrected chi connectivity index (χ0v) is 13.5. The number of aromatic nitrogens is 3. The lowest BCUT2D eigenvalue weighted by atomic mass is 10.3. The Morgan fingerprint density at radius 3 is 2.48 bits per heavy atom. The van der Waals surface area contributed by atoms with Gasteiger partial charge in [-0.15, -0.1) is 0 Å². The molecule has 0 aliphatic carbocycles. The van der Waals surface area contributed by atoms with E-state index in [0.29, 0.717) is 17.9 Å². The predicted octanol–water partition coefficient (Wildman–Crippen LogP) is 1.23. The van der Waals surface area contributed by atoms with Crippen LogP contribution < -0.4 is 15.0 Å². The molecule has 1 aromatic rings. The molecular weight excluding hydrogens is 268 g/mol. The molecule has 118 valence electrons. The smallest absolute Gasteiger partial charge is 0.323 e. The van der Waals surface area contributed by atoms with E-state index in [9.17, 15) is 0 Å². The van der Waals surface area contributed by atoms with Crippen LogP contribution in [0.5, 0.6) is 6.01 Å². The summed E-state index contributed by atoms with van der Waals surface area (Å²) in [7, 11) is 2.13. The molecule has 1 saturated heterocycles. The molecule has 21 heavy (non-hydrogen) atoms. The van der Waals surface area contributed by atoms with Crippen molar-refractivity contribution in [2.75, 3.05) is 50.0 Å². The normalized spacial score (nSPS) is 16.3. The van der Waals surface area contributed by atoms with Crippen molar-refractivity contribution in [1.82, 2.24) is 19.9 Å². The molecule has 7 heteroatoms. The Morgan fingerprint density at radius 1 is 1.14 bits per heavy atom. The minimum absolute atomic E-state index is 0.0479. The topological polar surface area (TPSA) is 66.4 Å². The van der Waals surface area contributed by atoms with Crippen LogP contribution in [0.3, 0.4) is 0 Å². The highest BCUT2D eigenvalue weighted by Crippen LogP contribution is 2.17. The Morgan fingerprint density at radius 2 is 1.86 bits per heavy atom. The van der Waals surface area contributed by atoms with Crippen molar-refractivity contribution in [3.63, 3.8) is 0 Å². The third-order valence-electron chi connectivity index (χ3n) is 3.26. The van der Waals surface area contributed by atoms with Gasteiger partial charge in [-0.3, -0.25) is 0 Å². The lowest BCUT2D eigenvalue weighted by Gasteiger charge is -2.32. The number of anilines is 2. The van der Waals surface area contributed by atoms with Gasteiger partial charge in [0.2, 0.25) is 11.9 Å². The van der Waals surface area contributed by atoms with Gasteiger partial charge < -0.3 is 19.9 Å². The molecule has 2 heterocycles. The standard InChI is InChI=1S/C14H26N6O/c1-5-6-15-12-16-13(18-14(17-12)21-11(2)3)20-9-7-19(4)8-10-20/h11H,5-10H2,1-4H3,(H,15,16,17,18). The monoisotopic (exact) mass is 294 g/mol. The van der Waals surface area contributed by atoms with Gasteiger partial charge in [-0.05, 0) is 27.3 Å². The summed E-state index contributed by atoms with van der Waals surface area (Å²) in [5, 5.41) is 3.22. The van der Waals surface area contributed by atoms with Crippen LogP contribution in [0.25, 0.3) is 0 Å². The molecule has 0 radical (unpaired) electrons. The maximum absolute atomic E-state index is 5.65. The van der Waals surface area contributed by atoms with E-state index < -0.39 is 0 Å². The second-order valence-electron chi connectivity index (χ2n) is 5.63. The predicted molar refractivity (Wildman–Crippen MR) is 84.1 cm³/mol. The van der Waals surface area contributed by atoms with Crippen molar-refractivity contribution in [1.29, 1.82) is 0 Å². The van der Waals surface area contributed by atoms with Gasteiger partial charge in [-0.25, -0.2) is 0 Å². The molecule has 0 unspecified atom stereocenters. The molecule has 1 fully saturated rings. The fourth-order valence-corrected chi connectivity index (χ4v) is 2.07. The zero-order valence-electron chi connectivity index (χ0n) is 13.5. The number of ether oxygens (including phenoxy) is 1. The summed E-state index contributed by atoms with van der Waals surface area (Å²) in [6, 6.07) is 0.396. The highest BCUT2D eigenvalue weighted by atomic mass is 16.5. The van der Waals surface area contributed by atoms with Crippen LogP contribution in [-0.2, 0) is 0 Å². The van der Waals surface area contributed by atoms with Crippen LogP contribution in [0.2, 0.25) is 0 Å². The minimum Gasteiger partial charge on any atom is -0.461 e. The van der Waals surface area contributed by atoms with Crippen LogP contribution in [0.1, 0.15) is 27.2 Å². The number of rotatable bonds is 6. The van der Waals surface area contributed by atoms with Gasteiger partial charge in [0.05, 0.1) is 6.10 Å². The van der Waals surface area contributed by atoms with Gasteiger partial charge in [0.1, 0.15) is 0 Å². The molecule has 1 N–H and O–H groups in total. The van der Waals surface area contributed by atoms with Gasteiger partial charge in [-0.2, -0.15) is 15.0 Å². The Labute approximate surface area is 126 Å². The maximum Gasteiger partial charge on any atom is 0.323 e. The molecule has 7 nitrogen and oxygen atoms in total. The molecule has 2 rings (SSSR count). The van der Waals surface area contributed by atoms with Crippen molar-refractivity contribution in [3.8, 4) is 6.01 Å². The van der Waals surface area contributed by atoms with Crippen molar-refractivity contribution in [2.45, 2.75) is 33.3 Å². The number of nitrogens with one attached hydrogen (secondary N) is 1. The minimum atomic E-state index is 0.0479. The van der Waals surface area contributed by atoms with Gasteiger partial charge in [0.15, 0.2) is 0 Å². The summed E-state index contributed by atoms with van der Waals surface area (Å²) in [5.41, 5.74) is 0. The fraction of sp³-hybridized carbons (Fsp3) is 0.786. The van der Waals surface area contributed by atoms with E-state index in [1.807, 2.05) is 13.8 Å². The lowest BCUT2D eigenvalue weighted by molar-refractivity contribution is 0.221. The van der Waals surface area contributed by atoms with Gasteiger partial charge in [-0.1, -0.05) is 6.92 Å². The maximum atomic E-state index is 5.65. The second-order valence-corrected chi connectivity index (χ2v) is 5.63. The second kappa shape index (κ2) is 7.40. The van der Waals surface area contributed by atoms with E-state index >= 15 is 0 Å². The van der Waals surface area contributed by atoms with Gasteiger partial charge in [0.25, 0.3) is 0 Å². The first-order valence-corrected chi connectivity index (χ1v) is 7.68.